The molecular weight excluding hydrogens is 286 g/mol. The van der Waals surface area contributed by atoms with Gasteiger partial charge in [-0.25, -0.2) is 9.97 Å². The Morgan fingerprint density at radius 1 is 1.25 bits per heavy atom. The number of nitrogens with one attached hydrogen (secondary N) is 1. The van der Waals surface area contributed by atoms with E-state index >= 15 is 0 Å². The fourth-order valence-corrected chi connectivity index (χ4v) is 3.93. The van der Waals surface area contributed by atoms with Crippen molar-refractivity contribution in [2.45, 2.75) is 26.3 Å². The van der Waals surface area contributed by atoms with Crippen LogP contribution in [0.25, 0.3) is 10.2 Å². The summed E-state index contributed by atoms with van der Waals surface area (Å²) >= 11 is 3.48. The molecule has 5 heteroatoms. The van der Waals surface area contributed by atoms with Crippen molar-refractivity contribution in [2.75, 3.05) is 6.54 Å². The lowest BCUT2D eigenvalue weighted by Gasteiger charge is -2.13. The van der Waals surface area contributed by atoms with E-state index in [0.29, 0.717) is 0 Å². The Morgan fingerprint density at radius 3 is 2.80 bits per heavy atom. The summed E-state index contributed by atoms with van der Waals surface area (Å²) in [6, 6.07) is 8.56. The fraction of sp³-hybridized carbons (Fsp3) is 0.333. The lowest BCUT2D eigenvalue weighted by Crippen LogP contribution is -2.23. The molecule has 0 fully saturated rings. The maximum atomic E-state index is 4.72. The summed E-state index contributed by atoms with van der Waals surface area (Å²) in [4.78, 5) is 9.33. The van der Waals surface area contributed by atoms with Gasteiger partial charge in [-0.2, -0.15) is 0 Å². The number of aromatic nitrogens is 2. The molecule has 3 rings (SSSR count). The van der Waals surface area contributed by atoms with Gasteiger partial charge in [0.15, 0.2) is 0 Å². The molecule has 0 aliphatic heterocycles. The number of nitrogens with zero attached hydrogens (tertiary/aromatic N) is 2. The second kappa shape index (κ2) is 5.99. The zero-order valence-electron chi connectivity index (χ0n) is 11.6. The first-order chi connectivity index (χ1) is 9.76. The van der Waals surface area contributed by atoms with Crippen molar-refractivity contribution in [3.8, 4) is 0 Å². The van der Waals surface area contributed by atoms with Gasteiger partial charge in [0.1, 0.15) is 0 Å². The minimum Gasteiger partial charge on any atom is -0.309 e. The number of likely N-dealkylation sites (N-methyl/N-ethyl adjacent to an activating group) is 1. The molecule has 104 valence electrons. The number of para-hydroxylation sites is 1. The van der Waals surface area contributed by atoms with Crippen molar-refractivity contribution in [1.82, 2.24) is 15.3 Å². The smallest absolute Gasteiger partial charge is 0.0958 e. The van der Waals surface area contributed by atoms with Crippen molar-refractivity contribution in [2.24, 2.45) is 0 Å². The second-order valence-electron chi connectivity index (χ2n) is 4.68. The van der Waals surface area contributed by atoms with Gasteiger partial charge in [0.2, 0.25) is 0 Å². The highest BCUT2D eigenvalue weighted by molar-refractivity contribution is 7.18. The lowest BCUT2D eigenvalue weighted by atomic mass is 10.1. The number of hydrogen-bond donors (Lipinski definition) is 1. The Kier molecular flexibility index (Phi) is 4.10. The molecule has 2 heterocycles. The summed E-state index contributed by atoms with van der Waals surface area (Å²) in [6.07, 6.45) is 0.899. The minimum atomic E-state index is 0.255. The van der Waals surface area contributed by atoms with Crippen LogP contribution < -0.4 is 5.32 Å². The molecule has 1 atom stereocenters. The number of hydrogen-bond acceptors (Lipinski definition) is 5. The van der Waals surface area contributed by atoms with Gasteiger partial charge in [0, 0.05) is 11.8 Å². The molecule has 20 heavy (non-hydrogen) atoms. The van der Waals surface area contributed by atoms with E-state index in [1.165, 1.54) is 9.71 Å². The van der Waals surface area contributed by atoms with Crippen molar-refractivity contribution in [3.05, 3.63) is 45.4 Å². The van der Waals surface area contributed by atoms with Crippen LogP contribution in [0.5, 0.6) is 0 Å². The third-order valence-electron chi connectivity index (χ3n) is 3.16. The Morgan fingerprint density at radius 2 is 2.10 bits per heavy atom. The van der Waals surface area contributed by atoms with Crippen LogP contribution in [-0.4, -0.2) is 16.5 Å². The van der Waals surface area contributed by atoms with Crippen LogP contribution in [0.3, 0.4) is 0 Å². The summed E-state index contributed by atoms with van der Waals surface area (Å²) in [6.45, 7) is 5.12. The number of thiazole rings is 2. The molecule has 2 aromatic heterocycles. The Bertz CT molecular complexity index is 669. The average molecular weight is 303 g/mol. The summed E-state index contributed by atoms with van der Waals surface area (Å²) in [5.41, 5.74) is 2.23. The first-order valence-corrected chi connectivity index (χ1v) is 8.45. The Hall–Kier alpha value is -1.30. The predicted molar refractivity (Wildman–Crippen MR) is 86.6 cm³/mol. The molecule has 1 unspecified atom stereocenters. The maximum Gasteiger partial charge on any atom is 0.0958 e. The number of rotatable bonds is 5. The molecule has 3 aromatic rings. The highest BCUT2D eigenvalue weighted by Crippen LogP contribution is 2.26. The topological polar surface area (TPSA) is 37.8 Å². The van der Waals surface area contributed by atoms with Gasteiger partial charge in [-0.05, 0) is 25.6 Å². The summed E-state index contributed by atoms with van der Waals surface area (Å²) in [5.74, 6) is 0. The van der Waals surface area contributed by atoms with E-state index in [9.17, 15) is 0 Å². The zero-order valence-corrected chi connectivity index (χ0v) is 13.2. The Balaban J connectivity index is 1.85. The molecule has 3 nitrogen and oxygen atoms in total. The highest BCUT2D eigenvalue weighted by atomic mass is 32.1. The number of fused-ring (bicyclic) bond motifs is 1. The largest absolute Gasteiger partial charge is 0.309 e. The predicted octanol–water partition coefficient (Wildman–Crippen LogP) is 3.95. The number of benzene rings is 1. The molecule has 1 N–H and O–H groups in total. The third kappa shape index (κ3) is 2.90. The molecule has 0 saturated carbocycles. The maximum absolute atomic E-state index is 4.72. The fourth-order valence-electron chi connectivity index (χ4n) is 2.25. The quantitative estimate of drug-likeness (QED) is 0.775. The number of aryl methyl sites for hydroxylation is 1. The highest BCUT2D eigenvalue weighted by Gasteiger charge is 2.16. The van der Waals surface area contributed by atoms with Crippen LogP contribution in [0.1, 0.15) is 28.7 Å². The van der Waals surface area contributed by atoms with Gasteiger partial charge >= 0.3 is 0 Å². The normalized spacial score (nSPS) is 12.9. The van der Waals surface area contributed by atoms with E-state index in [4.69, 9.17) is 4.98 Å². The monoisotopic (exact) mass is 303 g/mol. The Labute approximate surface area is 126 Å². The molecule has 0 radical (unpaired) electrons. The van der Waals surface area contributed by atoms with E-state index in [1.54, 1.807) is 22.7 Å². The van der Waals surface area contributed by atoms with Crippen LogP contribution in [0.15, 0.2) is 29.6 Å². The molecule has 1 aromatic carbocycles. The molecule has 0 aliphatic rings. The van der Waals surface area contributed by atoms with Gasteiger partial charge in [0.05, 0.1) is 32.0 Å². The van der Waals surface area contributed by atoms with Crippen LogP contribution in [0, 0.1) is 6.92 Å². The van der Waals surface area contributed by atoms with E-state index in [2.05, 4.69) is 47.7 Å². The molecule has 0 spiro atoms. The van der Waals surface area contributed by atoms with Crippen molar-refractivity contribution >= 4 is 32.9 Å². The van der Waals surface area contributed by atoms with E-state index in [-0.39, 0.29) is 6.04 Å². The third-order valence-corrected chi connectivity index (χ3v) is 5.01. The summed E-state index contributed by atoms with van der Waals surface area (Å²) < 4.78 is 1.26. The second-order valence-corrected chi connectivity index (χ2v) is 6.86. The van der Waals surface area contributed by atoms with Gasteiger partial charge in [-0.3, -0.25) is 0 Å². The van der Waals surface area contributed by atoms with Gasteiger partial charge in [0.25, 0.3) is 0 Å². The summed E-state index contributed by atoms with van der Waals surface area (Å²) in [5, 5.41) is 7.95. The molecule has 0 bridgehead atoms. The molecule has 0 aliphatic carbocycles. The van der Waals surface area contributed by atoms with E-state index in [1.807, 2.05) is 6.07 Å². The standard InChI is InChI=1S/C15H17N3S2/c1-3-16-12(13-9-19-10(2)17-13)8-15-18-11-6-4-5-7-14(11)20-15/h4-7,9,12,16H,3,8H2,1-2H3. The van der Waals surface area contributed by atoms with Gasteiger partial charge < -0.3 is 5.32 Å². The summed E-state index contributed by atoms with van der Waals surface area (Å²) in [7, 11) is 0. The molecule has 0 amide bonds. The van der Waals surface area contributed by atoms with E-state index in [0.717, 1.165) is 29.2 Å². The van der Waals surface area contributed by atoms with Crippen LogP contribution in [-0.2, 0) is 6.42 Å². The van der Waals surface area contributed by atoms with Gasteiger partial charge in [-0.1, -0.05) is 19.1 Å². The lowest BCUT2D eigenvalue weighted by molar-refractivity contribution is 0.538. The van der Waals surface area contributed by atoms with Crippen molar-refractivity contribution < 1.29 is 0 Å². The van der Waals surface area contributed by atoms with Crippen LogP contribution in [0.2, 0.25) is 0 Å². The van der Waals surface area contributed by atoms with Gasteiger partial charge in [-0.15, -0.1) is 22.7 Å². The first kappa shape index (κ1) is 13.7. The minimum absolute atomic E-state index is 0.255. The van der Waals surface area contributed by atoms with E-state index < -0.39 is 0 Å². The average Bonchev–Trinajstić information content (AvgIpc) is 3.03. The van der Waals surface area contributed by atoms with Crippen LogP contribution >= 0.6 is 22.7 Å². The first-order valence-electron chi connectivity index (χ1n) is 6.76. The van der Waals surface area contributed by atoms with Crippen molar-refractivity contribution in [1.29, 1.82) is 0 Å². The zero-order chi connectivity index (χ0) is 13.9. The molecular formula is C15H17N3S2. The SMILES string of the molecule is CCNC(Cc1nc2ccccc2s1)c1csc(C)n1. The van der Waals surface area contributed by atoms with Crippen LogP contribution in [0.4, 0.5) is 0 Å². The molecule has 0 saturated heterocycles. The van der Waals surface area contributed by atoms with Crippen molar-refractivity contribution in [3.63, 3.8) is 0 Å².